The molecule has 0 unspecified atom stereocenters. The first-order valence-corrected chi connectivity index (χ1v) is 7.97. The largest absolute Gasteiger partial charge is 0.507 e. The summed E-state index contributed by atoms with van der Waals surface area (Å²) in [4.78, 5) is 14.1. The number of aromatic hydroxyl groups is 1. The summed E-state index contributed by atoms with van der Waals surface area (Å²) in [6, 6.07) is 7.51. The highest BCUT2D eigenvalue weighted by atomic mass is 32.2. The Morgan fingerprint density at radius 3 is 2.57 bits per heavy atom. The van der Waals surface area contributed by atoms with Gasteiger partial charge in [-0.1, -0.05) is 17.8 Å². The average molecular weight is 337 g/mol. The molecule has 0 heterocycles. The minimum atomic E-state index is -0.714. The summed E-state index contributed by atoms with van der Waals surface area (Å²) in [6.07, 6.45) is 0. The highest BCUT2D eigenvalue weighted by Crippen LogP contribution is 2.30. The number of hydrogen-bond acceptors (Lipinski definition) is 4. The Morgan fingerprint density at radius 2 is 1.91 bits per heavy atom. The first kappa shape index (κ1) is 17.4. The number of benzene rings is 2. The van der Waals surface area contributed by atoms with Gasteiger partial charge in [-0.3, -0.25) is 4.79 Å². The maximum absolute atomic E-state index is 13.9. The van der Waals surface area contributed by atoms with Crippen molar-refractivity contribution in [2.45, 2.75) is 0 Å². The molecule has 0 aliphatic rings. The topological polar surface area (TPSA) is 40.5 Å². The molecule has 1 N–H and O–H groups in total. The summed E-state index contributed by atoms with van der Waals surface area (Å²) in [6.45, 7) is 0.726. The fourth-order valence-electron chi connectivity index (χ4n) is 1.99. The Morgan fingerprint density at radius 1 is 1.17 bits per heavy atom. The van der Waals surface area contributed by atoms with Crippen molar-refractivity contribution in [3.05, 3.63) is 53.6 Å². The smallest absolute Gasteiger partial charge is 0.223 e. The summed E-state index contributed by atoms with van der Waals surface area (Å²) in [5.41, 5.74) is 0.714. The van der Waals surface area contributed by atoms with E-state index in [9.17, 15) is 18.7 Å². The Kier molecular flexibility index (Phi) is 5.74. The van der Waals surface area contributed by atoms with E-state index in [1.54, 1.807) is 0 Å². The van der Waals surface area contributed by atoms with Crippen LogP contribution >= 0.6 is 11.8 Å². The molecular weight excluding hydrogens is 320 g/mol. The second-order valence-corrected chi connectivity index (χ2v) is 6.36. The maximum Gasteiger partial charge on any atom is 0.223 e. The molecule has 2 aromatic carbocycles. The predicted octanol–water partition coefficient (Wildman–Crippen LogP) is 3.77. The number of halogens is 2. The lowest BCUT2D eigenvalue weighted by molar-refractivity contribution is 0.108. The van der Waals surface area contributed by atoms with Crippen LogP contribution in [-0.2, 0) is 0 Å². The Labute approximate surface area is 137 Å². The van der Waals surface area contributed by atoms with Gasteiger partial charge in [0.2, 0.25) is 5.12 Å². The van der Waals surface area contributed by atoms with E-state index in [2.05, 4.69) is 0 Å². The molecular formula is C17H17F2NO2S. The van der Waals surface area contributed by atoms with E-state index in [0.717, 1.165) is 30.4 Å². The Bertz CT molecular complexity index is 720. The molecule has 0 amide bonds. The third-order valence-corrected chi connectivity index (χ3v) is 4.10. The van der Waals surface area contributed by atoms with Gasteiger partial charge in [0.05, 0.1) is 5.56 Å². The number of phenolic OH excluding ortho intramolecular Hbond substituents is 1. The monoisotopic (exact) mass is 337 g/mol. The summed E-state index contributed by atoms with van der Waals surface area (Å²) >= 11 is 1.09. The van der Waals surface area contributed by atoms with E-state index in [4.69, 9.17) is 0 Å². The van der Waals surface area contributed by atoms with E-state index in [1.807, 2.05) is 19.0 Å². The molecule has 3 nitrogen and oxygen atoms in total. The zero-order valence-corrected chi connectivity index (χ0v) is 13.7. The van der Waals surface area contributed by atoms with Crippen LogP contribution in [0, 0.1) is 11.6 Å². The molecule has 0 radical (unpaired) electrons. The van der Waals surface area contributed by atoms with Crippen LogP contribution in [0.5, 0.6) is 5.75 Å². The number of nitrogens with zero attached hydrogens (tertiary/aromatic N) is 1. The van der Waals surface area contributed by atoms with Crippen molar-refractivity contribution in [1.29, 1.82) is 0 Å². The summed E-state index contributed by atoms with van der Waals surface area (Å²) < 4.78 is 26.9. The molecule has 6 heteroatoms. The average Bonchev–Trinajstić information content (AvgIpc) is 2.47. The molecule has 0 bridgehead atoms. The second-order valence-electron chi connectivity index (χ2n) is 5.30. The van der Waals surface area contributed by atoms with Crippen LogP contribution in [0.4, 0.5) is 8.78 Å². The van der Waals surface area contributed by atoms with Crippen molar-refractivity contribution in [3.8, 4) is 16.9 Å². The molecule has 0 atom stereocenters. The zero-order valence-electron chi connectivity index (χ0n) is 12.8. The lowest BCUT2D eigenvalue weighted by atomic mass is 10.0. The standard InChI is InChI=1S/C17H17F2NO2S/c1-20(2)7-8-23-17(22)14-9-11(3-6-16(14)21)13-5-4-12(18)10-15(13)19/h3-6,9-10,21H,7-8H2,1-2H3. The van der Waals surface area contributed by atoms with Crippen molar-refractivity contribution in [2.75, 3.05) is 26.4 Å². The molecule has 0 fully saturated rings. The Hall–Kier alpha value is -1.92. The Balaban J connectivity index is 2.26. The van der Waals surface area contributed by atoms with Crippen LogP contribution in [0.25, 0.3) is 11.1 Å². The fraction of sp³-hybridized carbons (Fsp3) is 0.235. The van der Waals surface area contributed by atoms with Crippen molar-refractivity contribution in [3.63, 3.8) is 0 Å². The van der Waals surface area contributed by atoms with Crippen LogP contribution in [-0.4, -0.2) is 41.5 Å². The van der Waals surface area contributed by atoms with Gasteiger partial charge in [0.25, 0.3) is 0 Å². The van der Waals surface area contributed by atoms with Crippen LogP contribution in [0.1, 0.15) is 10.4 Å². The van der Waals surface area contributed by atoms with Crippen LogP contribution in [0.3, 0.4) is 0 Å². The normalized spacial score (nSPS) is 11.0. The lowest BCUT2D eigenvalue weighted by Crippen LogP contribution is -2.15. The molecule has 0 spiro atoms. The van der Waals surface area contributed by atoms with Gasteiger partial charge < -0.3 is 10.0 Å². The lowest BCUT2D eigenvalue weighted by Gasteiger charge is -2.10. The van der Waals surface area contributed by atoms with Crippen molar-refractivity contribution in [1.82, 2.24) is 4.90 Å². The van der Waals surface area contributed by atoms with E-state index in [1.165, 1.54) is 24.3 Å². The third-order valence-electron chi connectivity index (χ3n) is 3.23. The molecule has 122 valence electrons. The highest BCUT2D eigenvalue weighted by molar-refractivity contribution is 8.14. The third kappa shape index (κ3) is 4.53. The molecule has 0 saturated carbocycles. The van der Waals surface area contributed by atoms with Gasteiger partial charge in [0.15, 0.2) is 0 Å². The molecule has 23 heavy (non-hydrogen) atoms. The highest BCUT2D eigenvalue weighted by Gasteiger charge is 2.15. The zero-order chi connectivity index (χ0) is 17.0. The van der Waals surface area contributed by atoms with Gasteiger partial charge in [-0.05, 0) is 43.9 Å². The number of hydrogen-bond donors (Lipinski definition) is 1. The van der Waals surface area contributed by atoms with Gasteiger partial charge in [-0.15, -0.1) is 0 Å². The number of thioether (sulfide) groups is 1. The van der Waals surface area contributed by atoms with Crippen molar-refractivity contribution < 1.29 is 18.7 Å². The minimum absolute atomic E-state index is 0.120. The number of rotatable bonds is 5. The summed E-state index contributed by atoms with van der Waals surface area (Å²) in [5, 5.41) is 9.59. The summed E-state index contributed by atoms with van der Waals surface area (Å²) in [7, 11) is 3.81. The number of phenols is 1. The SMILES string of the molecule is CN(C)CCSC(=O)c1cc(-c2ccc(F)cc2F)ccc1O. The first-order valence-electron chi connectivity index (χ1n) is 6.99. The molecule has 2 aromatic rings. The quantitative estimate of drug-likeness (QED) is 0.902. The van der Waals surface area contributed by atoms with Gasteiger partial charge >= 0.3 is 0 Å². The molecule has 0 saturated heterocycles. The maximum atomic E-state index is 13.9. The van der Waals surface area contributed by atoms with E-state index < -0.39 is 11.6 Å². The number of carbonyl (C=O) groups excluding carboxylic acids is 1. The summed E-state index contributed by atoms with van der Waals surface area (Å²) in [5.74, 6) is -0.950. The van der Waals surface area contributed by atoms with Crippen molar-refractivity contribution >= 4 is 16.9 Å². The second kappa shape index (κ2) is 7.57. The van der Waals surface area contributed by atoms with Gasteiger partial charge in [0.1, 0.15) is 17.4 Å². The molecule has 2 rings (SSSR count). The van der Waals surface area contributed by atoms with E-state index >= 15 is 0 Å². The minimum Gasteiger partial charge on any atom is -0.507 e. The van der Waals surface area contributed by atoms with Gasteiger partial charge in [-0.25, -0.2) is 8.78 Å². The van der Waals surface area contributed by atoms with Gasteiger partial charge in [0, 0.05) is 23.9 Å². The van der Waals surface area contributed by atoms with E-state index in [-0.39, 0.29) is 22.0 Å². The molecule has 0 aliphatic heterocycles. The number of carbonyl (C=O) groups is 1. The molecule has 0 aromatic heterocycles. The van der Waals surface area contributed by atoms with Gasteiger partial charge in [-0.2, -0.15) is 0 Å². The molecule has 0 aliphatic carbocycles. The van der Waals surface area contributed by atoms with Crippen LogP contribution in [0.2, 0.25) is 0 Å². The first-order chi connectivity index (χ1) is 10.9. The van der Waals surface area contributed by atoms with Crippen LogP contribution < -0.4 is 0 Å². The predicted molar refractivity (Wildman–Crippen MR) is 88.8 cm³/mol. The van der Waals surface area contributed by atoms with E-state index in [0.29, 0.717) is 11.3 Å². The van der Waals surface area contributed by atoms with Crippen LogP contribution in [0.15, 0.2) is 36.4 Å². The fourth-order valence-corrected chi connectivity index (χ4v) is 2.95. The van der Waals surface area contributed by atoms with Crippen molar-refractivity contribution in [2.24, 2.45) is 0 Å².